The van der Waals surface area contributed by atoms with Crippen LogP contribution in [0, 0.1) is 33.3 Å². The van der Waals surface area contributed by atoms with Crippen molar-refractivity contribution >= 4 is 27.6 Å². The summed E-state index contributed by atoms with van der Waals surface area (Å²) >= 11 is 0. The van der Waals surface area contributed by atoms with E-state index in [0.29, 0.717) is 11.6 Å². The molecule has 0 atom stereocenters. The van der Waals surface area contributed by atoms with Gasteiger partial charge < -0.3 is 4.42 Å². The Balaban J connectivity index is 1.85. The van der Waals surface area contributed by atoms with E-state index in [0.717, 1.165) is 50.7 Å². The summed E-state index contributed by atoms with van der Waals surface area (Å²) in [4.78, 5) is 3.82. The smallest absolute Gasteiger partial charge is 0.216 e. The maximum Gasteiger partial charge on any atom is 0.216 e. The molecule has 2 heterocycles. The molecule has 0 saturated carbocycles. The fraction of sp³-hybridized carbons (Fsp3) is 0.250. The van der Waals surface area contributed by atoms with E-state index in [4.69, 9.17) is 11.0 Å². The second-order valence-corrected chi connectivity index (χ2v) is 9.98. The molecule has 0 spiro atoms. The van der Waals surface area contributed by atoms with Gasteiger partial charge in [-0.25, -0.2) is 4.85 Å². The molecule has 3 nitrogen and oxygen atoms in total. The van der Waals surface area contributed by atoms with E-state index in [-0.39, 0.29) is 0 Å². The minimum absolute atomic E-state index is 0.604. The van der Waals surface area contributed by atoms with Gasteiger partial charge in [0.05, 0.1) is 12.1 Å². The fourth-order valence-electron chi connectivity index (χ4n) is 5.30. The highest BCUT2D eigenvalue weighted by atomic mass is 16.3. The van der Waals surface area contributed by atoms with Crippen molar-refractivity contribution in [3.63, 3.8) is 0 Å². The highest BCUT2D eigenvalue weighted by Crippen LogP contribution is 2.44. The molecule has 0 aliphatic rings. The van der Waals surface area contributed by atoms with Crippen LogP contribution in [0.2, 0.25) is 0 Å². The maximum absolute atomic E-state index is 7.78. The number of benzene rings is 3. The van der Waals surface area contributed by atoms with Crippen molar-refractivity contribution in [1.82, 2.24) is 0 Å². The number of hydrogen-bond donors (Lipinski definition) is 0. The molecule has 0 saturated heterocycles. The standard InChI is InChI=1S/C32H31N2O/c1-19(2)17-26-21(4)18-28(34(7)22(26)5)29-20(3)13-14-24-25-15-16-27(33-6)30(32(25)35-31(24)29)23-11-9-8-10-12-23/h8-16,18-19H,17H2,1-5,7H3/q+1. The summed E-state index contributed by atoms with van der Waals surface area (Å²) in [5.41, 5.74) is 11.6. The number of furan rings is 1. The van der Waals surface area contributed by atoms with E-state index in [9.17, 15) is 0 Å². The molecule has 0 unspecified atom stereocenters. The van der Waals surface area contributed by atoms with Gasteiger partial charge in [-0.2, -0.15) is 4.57 Å². The normalized spacial score (nSPS) is 11.5. The predicted molar refractivity (Wildman–Crippen MR) is 145 cm³/mol. The average Bonchev–Trinajstić information content (AvgIpc) is 3.22. The van der Waals surface area contributed by atoms with Crippen LogP contribution < -0.4 is 4.57 Å². The van der Waals surface area contributed by atoms with E-state index in [1.54, 1.807) is 0 Å². The molecule has 5 rings (SSSR count). The Morgan fingerprint density at radius 3 is 2.17 bits per heavy atom. The third-order valence-electron chi connectivity index (χ3n) is 7.18. The molecule has 0 N–H and O–H groups in total. The van der Waals surface area contributed by atoms with Crippen LogP contribution in [-0.2, 0) is 13.5 Å². The van der Waals surface area contributed by atoms with E-state index in [1.165, 1.54) is 22.4 Å². The molecular formula is C32H31N2O+. The lowest BCUT2D eigenvalue weighted by Crippen LogP contribution is -2.37. The summed E-state index contributed by atoms with van der Waals surface area (Å²) in [6.45, 7) is 18.9. The first-order chi connectivity index (χ1) is 16.8. The molecule has 0 aliphatic heterocycles. The van der Waals surface area contributed by atoms with Crippen molar-refractivity contribution in [2.75, 3.05) is 0 Å². The minimum atomic E-state index is 0.604. The average molecular weight is 460 g/mol. The van der Waals surface area contributed by atoms with Crippen LogP contribution in [0.3, 0.4) is 0 Å². The van der Waals surface area contributed by atoms with E-state index < -0.39 is 0 Å². The Hall–Kier alpha value is -3.90. The van der Waals surface area contributed by atoms with Gasteiger partial charge in [-0.1, -0.05) is 68.4 Å². The Bertz CT molecular complexity index is 1630. The minimum Gasteiger partial charge on any atom is -0.456 e. The number of rotatable bonds is 4. The van der Waals surface area contributed by atoms with Crippen molar-refractivity contribution in [3.05, 3.63) is 94.5 Å². The summed E-state index contributed by atoms with van der Waals surface area (Å²) in [5, 5.41) is 2.12. The molecule has 0 bridgehead atoms. The molecule has 174 valence electrons. The Morgan fingerprint density at radius 1 is 0.857 bits per heavy atom. The zero-order chi connectivity index (χ0) is 24.9. The maximum atomic E-state index is 7.78. The van der Waals surface area contributed by atoms with Gasteiger partial charge in [0.1, 0.15) is 18.2 Å². The van der Waals surface area contributed by atoms with Crippen molar-refractivity contribution in [2.24, 2.45) is 13.0 Å². The molecule has 35 heavy (non-hydrogen) atoms. The molecule has 2 aromatic heterocycles. The van der Waals surface area contributed by atoms with Crippen molar-refractivity contribution < 1.29 is 8.98 Å². The third-order valence-corrected chi connectivity index (χ3v) is 7.18. The second-order valence-electron chi connectivity index (χ2n) is 9.98. The van der Waals surface area contributed by atoms with E-state index >= 15 is 0 Å². The number of nitrogens with zero attached hydrogens (tertiary/aromatic N) is 2. The van der Waals surface area contributed by atoms with Crippen LogP contribution in [-0.4, -0.2) is 0 Å². The van der Waals surface area contributed by atoms with Gasteiger partial charge in [0.2, 0.25) is 5.69 Å². The first-order valence-electron chi connectivity index (χ1n) is 12.2. The summed E-state index contributed by atoms with van der Waals surface area (Å²) in [7, 11) is 2.15. The van der Waals surface area contributed by atoms with Crippen LogP contribution in [0.5, 0.6) is 0 Å². The number of pyridine rings is 1. The number of aryl methyl sites for hydroxylation is 2. The first kappa shape index (κ1) is 22.9. The summed E-state index contributed by atoms with van der Waals surface area (Å²) in [5.74, 6) is 0.604. The van der Waals surface area contributed by atoms with Gasteiger partial charge in [0.15, 0.2) is 11.4 Å². The van der Waals surface area contributed by atoms with Crippen molar-refractivity contribution in [1.29, 1.82) is 0 Å². The zero-order valence-corrected chi connectivity index (χ0v) is 21.4. The Labute approximate surface area is 207 Å². The summed E-state index contributed by atoms with van der Waals surface area (Å²) in [6.07, 6.45) is 1.07. The fourth-order valence-corrected chi connectivity index (χ4v) is 5.30. The molecule has 0 fully saturated rings. The van der Waals surface area contributed by atoms with Gasteiger partial charge in [-0.15, -0.1) is 0 Å². The van der Waals surface area contributed by atoms with Crippen LogP contribution in [0.4, 0.5) is 5.69 Å². The predicted octanol–water partition coefficient (Wildman–Crippen LogP) is 8.42. The lowest BCUT2D eigenvalue weighted by Gasteiger charge is -2.14. The summed E-state index contributed by atoms with van der Waals surface area (Å²) in [6, 6.07) is 20.7. The molecular weight excluding hydrogens is 428 g/mol. The number of aromatic nitrogens is 1. The Morgan fingerprint density at radius 2 is 1.51 bits per heavy atom. The molecule has 0 amide bonds. The van der Waals surface area contributed by atoms with Gasteiger partial charge in [0, 0.05) is 34.9 Å². The molecule has 3 aromatic carbocycles. The van der Waals surface area contributed by atoms with E-state index in [2.05, 4.69) is 69.3 Å². The van der Waals surface area contributed by atoms with Crippen LogP contribution in [0.25, 0.3) is 49.2 Å². The lowest BCUT2D eigenvalue weighted by molar-refractivity contribution is -0.667. The Kier molecular flexibility index (Phi) is 5.69. The van der Waals surface area contributed by atoms with Gasteiger partial charge in [0.25, 0.3) is 0 Å². The highest BCUT2D eigenvalue weighted by molar-refractivity contribution is 6.15. The summed E-state index contributed by atoms with van der Waals surface area (Å²) < 4.78 is 9.03. The van der Waals surface area contributed by atoms with E-state index in [1.807, 2.05) is 42.5 Å². The van der Waals surface area contributed by atoms with Crippen LogP contribution >= 0.6 is 0 Å². The van der Waals surface area contributed by atoms with Gasteiger partial charge in [-0.05, 0) is 42.9 Å². The third kappa shape index (κ3) is 3.70. The van der Waals surface area contributed by atoms with Crippen molar-refractivity contribution in [3.8, 4) is 22.4 Å². The SMILES string of the molecule is [C-]#[N+]c1ccc2c(oc3c(-c4cc(C)c(CC(C)C)c(C)[n+]4C)c(C)ccc32)c1-c1ccccc1. The number of hydrogen-bond acceptors (Lipinski definition) is 1. The van der Waals surface area contributed by atoms with Crippen LogP contribution in [0.15, 0.2) is 65.1 Å². The number of fused-ring (bicyclic) bond motifs is 3. The quantitative estimate of drug-likeness (QED) is 0.195. The largest absolute Gasteiger partial charge is 0.456 e. The van der Waals surface area contributed by atoms with Crippen molar-refractivity contribution in [2.45, 2.75) is 41.0 Å². The van der Waals surface area contributed by atoms with Gasteiger partial charge >= 0.3 is 0 Å². The molecule has 3 heteroatoms. The molecule has 0 aliphatic carbocycles. The topological polar surface area (TPSA) is 21.4 Å². The zero-order valence-electron chi connectivity index (χ0n) is 21.4. The molecule has 0 radical (unpaired) electrons. The first-order valence-corrected chi connectivity index (χ1v) is 12.2. The second kappa shape index (κ2) is 8.71. The van der Waals surface area contributed by atoms with Crippen LogP contribution in [0.1, 0.15) is 36.2 Å². The monoisotopic (exact) mass is 459 g/mol. The lowest BCUT2D eigenvalue weighted by atomic mass is 9.93. The van der Waals surface area contributed by atoms with Gasteiger partial charge in [-0.3, -0.25) is 0 Å². The molecule has 5 aromatic rings. The highest BCUT2D eigenvalue weighted by Gasteiger charge is 2.26.